The fourth-order valence-electron chi connectivity index (χ4n) is 4.26. The van der Waals surface area contributed by atoms with Gasteiger partial charge < -0.3 is 4.90 Å². The molecule has 2 atom stereocenters. The molecule has 1 aromatic rings. The van der Waals surface area contributed by atoms with Gasteiger partial charge >= 0.3 is 0 Å². The number of rotatable bonds is 1. The van der Waals surface area contributed by atoms with Gasteiger partial charge in [-0.25, -0.2) is 9.97 Å². The molecular formula is C14H19N3. The summed E-state index contributed by atoms with van der Waals surface area (Å²) in [5.41, 5.74) is 0.502. The summed E-state index contributed by atoms with van der Waals surface area (Å²) >= 11 is 0. The molecular weight excluding hydrogens is 210 g/mol. The number of fused-ring (bicyclic) bond motifs is 2. The van der Waals surface area contributed by atoms with E-state index in [9.17, 15) is 0 Å². The van der Waals surface area contributed by atoms with E-state index >= 15 is 0 Å². The molecule has 2 aliphatic carbocycles. The van der Waals surface area contributed by atoms with Crippen molar-refractivity contribution in [3.05, 3.63) is 18.1 Å². The van der Waals surface area contributed by atoms with E-state index in [0.717, 1.165) is 17.7 Å². The molecule has 1 aromatic heterocycles. The van der Waals surface area contributed by atoms with Gasteiger partial charge in [-0.3, -0.25) is 0 Å². The molecule has 17 heavy (non-hydrogen) atoms. The first kappa shape index (κ1) is 9.86. The predicted molar refractivity (Wildman–Crippen MR) is 66.9 cm³/mol. The highest BCUT2D eigenvalue weighted by Crippen LogP contribution is 2.60. The highest BCUT2D eigenvalue weighted by molar-refractivity contribution is 5.48. The summed E-state index contributed by atoms with van der Waals surface area (Å²) in [5, 5.41) is 0. The third kappa shape index (κ3) is 1.28. The number of nitrogens with zero attached hydrogens (tertiary/aromatic N) is 3. The fourth-order valence-corrected chi connectivity index (χ4v) is 4.26. The highest BCUT2D eigenvalue weighted by Gasteiger charge is 2.62. The molecule has 0 unspecified atom stereocenters. The molecule has 1 aliphatic heterocycles. The van der Waals surface area contributed by atoms with E-state index in [1.165, 1.54) is 44.5 Å². The van der Waals surface area contributed by atoms with E-state index < -0.39 is 0 Å². The maximum absolute atomic E-state index is 4.63. The topological polar surface area (TPSA) is 29.0 Å². The van der Waals surface area contributed by atoms with Gasteiger partial charge in [0.05, 0.1) is 0 Å². The Kier molecular flexibility index (Phi) is 1.86. The van der Waals surface area contributed by atoms with Gasteiger partial charge in [0.2, 0.25) is 0 Å². The van der Waals surface area contributed by atoms with Crippen molar-refractivity contribution in [2.75, 3.05) is 11.4 Å². The maximum atomic E-state index is 4.63. The minimum atomic E-state index is 0.502. The van der Waals surface area contributed by atoms with Crippen LogP contribution in [0.2, 0.25) is 0 Å². The molecule has 0 bridgehead atoms. The van der Waals surface area contributed by atoms with Crippen LogP contribution in [0.1, 0.15) is 37.9 Å². The van der Waals surface area contributed by atoms with Crippen molar-refractivity contribution in [1.82, 2.24) is 9.97 Å². The smallest absolute Gasteiger partial charge is 0.132 e. The average molecular weight is 229 g/mol. The van der Waals surface area contributed by atoms with Crippen LogP contribution in [-0.4, -0.2) is 22.1 Å². The molecule has 4 rings (SSSR count). The second-order valence-corrected chi connectivity index (χ2v) is 5.97. The quantitative estimate of drug-likeness (QED) is 0.741. The summed E-state index contributed by atoms with van der Waals surface area (Å²) < 4.78 is 0. The van der Waals surface area contributed by atoms with Gasteiger partial charge in [-0.05, 0) is 50.5 Å². The highest BCUT2D eigenvalue weighted by atomic mass is 15.3. The predicted octanol–water partition coefficient (Wildman–Crippen LogP) is 2.55. The summed E-state index contributed by atoms with van der Waals surface area (Å²) in [6.45, 7) is 3.22. The van der Waals surface area contributed by atoms with Gasteiger partial charge in [0, 0.05) is 18.3 Å². The standard InChI is InChI=1S/C14H19N3/c1-10-15-8-5-13(16-10)17-9-11-3-2-4-12(11)14(17)6-7-14/h5,8,11-12H,2-4,6-7,9H2,1H3/t11-,12-/m0/s1. The van der Waals surface area contributed by atoms with Crippen molar-refractivity contribution in [2.45, 2.75) is 44.6 Å². The molecule has 2 heterocycles. The third-order valence-corrected chi connectivity index (χ3v) is 5.10. The first-order chi connectivity index (χ1) is 8.29. The largest absolute Gasteiger partial charge is 0.350 e. The Labute approximate surface area is 102 Å². The SMILES string of the molecule is Cc1nccc(N2C[C@@H]3CCC[C@@H]3C23CC3)n1. The van der Waals surface area contributed by atoms with Gasteiger partial charge in [-0.2, -0.15) is 0 Å². The van der Waals surface area contributed by atoms with Crippen LogP contribution in [0.4, 0.5) is 5.82 Å². The summed E-state index contributed by atoms with van der Waals surface area (Å²) in [5.74, 6) is 3.96. The lowest BCUT2D eigenvalue weighted by molar-refractivity contribution is 0.408. The zero-order chi connectivity index (χ0) is 11.5. The van der Waals surface area contributed by atoms with Crippen molar-refractivity contribution in [3.63, 3.8) is 0 Å². The molecule has 0 radical (unpaired) electrons. The molecule has 3 aliphatic rings. The van der Waals surface area contributed by atoms with E-state index in [2.05, 4.69) is 20.9 Å². The molecule has 0 amide bonds. The lowest BCUT2D eigenvalue weighted by Crippen LogP contribution is -2.35. The van der Waals surface area contributed by atoms with E-state index in [1.807, 2.05) is 13.1 Å². The Hall–Kier alpha value is -1.12. The lowest BCUT2D eigenvalue weighted by Gasteiger charge is -2.28. The van der Waals surface area contributed by atoms with Crippen LogP contribution >= 0.6 is 0 Å². The molecule has 0 aromatic carbocycles. The van der Waals surface area contributed by atoms with Crippen molar-refractivity contribution in [3.8, 4) is 0 Å². The summed E-state index contributed by atoms with van der Waals surface area (Å²) in [4.78, 5) is 11.5. The Bertz CT molecular complexity index is 453. The molecule has 90 valence electrons. The van der Waals surface area contributed by atoms with Gasteiger partial charge in [0.25, 0.3) is 0 Å². The summed E-state index contributed by atoms with van der Waals surface area (Å²) in [6.07, 6.45) is 9.02. The van der Waals surface area contributed by atoms with Gasteiger partial charge in [-0.15, -0.1) is 0 Å². The normalized spacial score (nSPS) is 33.1. The Morgan fingerprint density at radius 1 is 1.35 bits per heavy atom. The second-order valence-electron chi connectivity index (χ2n) is 5.97. The van der Waals surface area contributed by atoms with Crippen LogP contribution in [0, 0.1) is 18.8 Å². The maximum Gasteiger partial charge on any atom is 0.132 e. The monoisotopic (exact) mass is 229 g/mol. The van der Waals surface area contributed by atoms with Crippen LogP contribution in [-0.2, 0) is 0 Å². The molecule has 1 saturated heterocycles. The number of hydrogen-bond donors (Lipinski definition) is 0. The summed E-state index contributed by atoms with van der Waals surface area (Å²) in [6, 6.07) is 2.09. The van der Waals surface area contributed by atoms with Crippen molar-refractivity contribution in [2.24, 2.45) is 11.8 Å². The second kappa shape index (κ2) is 3.21. The minimum Gasteiger partial charge on any atom is -0.350 e. The lowest BCUT2D eigenvalue weighted by atomic mass is 9.92. The van der Waals surface area contributed by atoms with Gasteiger partial charge in [0.1, 0.15) is 11.6 Å². The Morgan fingerprint density at radius 2 is 2.24 bits per heavy atom. The zero-order valence-electron chi connectivity index (χ0n) is 10.4. The van der Waals surface area contributed by atoms with Crippen LogP contribution in [0.3, 0.4) is 0 Å². The van der Waals surface area contributed by atoms with Crippen LogP contribution in [0.15, 0.2) is 12.3 Å². The Balaban J connectivity index is 1.71. The van der Waals surface area contributed by atoms with Crippen molar-refractivity contribution < 1.29 is 0 Å². The average Bonchev–Trinajstić information content (AvgIpc) is 2.86. The molecule has 2 saturated carbocycles. The molecule has 3 nitrogen and oxygen atoms in total. The number of aryl methyl sites for hydroxylation is 1. The van der Waals surface area contributed by atoms with Crippen LogP contribution in [0.5, 0.6) is 0 Å². The zero-order valence-corrected chi connectivity index (χ0v) is 10.4. The molecule has 3 fully saturated rings. The van der Waals surface area contributed by atoms with E-state index in [-0.39, 0.29) is 0 Å². The number of hydrogen-bond acceptors (Lipinski definition) is 3. The first-order valence-electron chi connectivity index (χ1n) is 6.87. The van der Waals surface area contributed by atoms with Crippen LogP contribution in [0.25, 0.3) is 0 Å². The molecule has 1 spiro atoms. The molecule has 3 heteroatoms. The number of anilines is 1. The van der Waals surface area contributed by atoms with E-state index in [1.54, 1.807) is 0 Å². The van der Waals surface area contributed by atoms with E-state index in [4.69, 9.17) is 0 Å². The van der Waals surface area contributed by atoms with Gasteiger partial charge in [-0.1, -0.05) is 6.42 Å². The fraction of sp³-hybridized carbons (Fsp3) is 0.714. The van der Waals surface area contributed by atoms with Gasteiger partial charge in [0.15, 0.2) is 0 Å². The van der Waals surface area contributed by atoms with Crippen LogP contribution < -0.4 is 4.90 Å². The molecule has 0 N–H and O–H groups in total. The third-order valence-electron chi connectivity index (χ3n) is 5.10. The summed E-state index contributed by atoms with van der Waals surface area (Å²) in [7, 11) is 0. The first-order valence-corrected chi connectivity index (χ1v) is 6.87. The van der Waals surface area contributed by atoms with Crippen molar-refractivity contribution in [1.29, 1.82) is 0 Å². The van der Waals surface area contributed by atoms with E-state index in [0.29, 0.717) is 5.54 Å². The number of aromatic nitrogens is 2. The minimum absolute atomic E-state index is 0.502. The Morgan fingerprint density at radius 3 is 3.00 bits per heavy atom. The van der Waals surface area contributed by atoms with Crippen molar-refractivity contribution >= 4 is 5.82 Å².